The van der Waals surface area contributed by atoms with E-state index in [9.17, 15) is 9.59 Å². The van der Waals surface area contributed by atoms with E-state index in [0.29, 0.717) is 40.9 Å². The molecule has 3 aromatic carbocycles. The number of hydrazine groups is 2. The van der Waals surface area contributed by atoms with Gasteiger partial charge in [-0.15, -0.1) is 5.53 Å². The van der Waals surface area contributed by atoms with E-state index in [-0.39, 0.29) is 11.7 Å². The maximum absolute atomic E-state index is 13.1. The Hall–Kier alpha value is -5.03. The number of carboxylic acids is 1. The van der Waals surface area contributed by atoms with Crippen molar-refractivity contribution in [2.24, 2.45) is 0 Å². The van der Waals surface area contributed by atoms with Crippen LogP contribution in [-0.2, 0) is 11.3 Å². The van der Waals surface area contributed by atoms with Crippen LogP contribution in [0.25, 0.3) is 22.5 Å². The van der Waals surface area contributed by atoms with Crippen molar-refractivity contribution in [1.82, 2.24) is 15.5 Å². The van der Waals surface area contributed by atoms with Crippen molar-refractivity contribution in [1.29, 1.82) is 0 Å². The van der Waals surface area contributed by atoms with Gasteiger partial charge in [-0.25, -0.2) is 9.78 Å². The topological polar surface area (TPSA) is 138 Å². The number of H-pyrrole nitrogens is 1. The number of anilines is 2. The Balaban J connectivity index is 1.34. The van der Waals surface area contributed by atoms with Gasteiger partial charge in [-0.05, 0) is 78.8 Å². The van der Waals surface area contributed by atoms with Crippen LogP contribution < -0.4 is 35.7 Å². The summed E-state index contributed by atoms with van der Waals surface area (Å²) in [5.74, 6) is 1.66. The SMILES string of the molecule is COc1ccc(CN2NNc3c2nc(-c2ccc(-c4cccc(OCC(=O)O)c4)cc2OC2CCCC2)[nH]c3=O)cc1. The molecule has 0 atom stereocenters. The fourth-order valence-corrected chi connectivity index (χ4v) is 5.19. The maximum atomic E-state index is 13.1. The zero-order valence-electron chi connectivity index (χ0n) is 23.1. The van der Waals surface area contributed by atoms with Gasteiger partial charge < -0.3 is 24.3 Å². The number of carboxylic acid groups (broad SMARTS) is 1. The van der Waals surface area contributed by atoms with Gasteiger partial charge in [-0.2, -0.15) is 0 Å². The minimum absolute atomic E-state index is 0.0697. The summed E-state index contributed by atoms with van der Waals surface area (Å²) >= 11 is 0. The molecule has 2 heterocycles. The van der Waals surface area contributed by atoms with Crippen molar-refractivity contribution < 1.29 is 24.1 Å². The van der Waals surface area contributed by atoms with Crippen LogP contribution in [-0.4, -0.2) is 40.9 Å². The van der Waals surface area contributed by atoms with Crippen molar-refractivity contribution >= 4 is 17.5 Å². The zero-order chi connectivity index (χ0) is 29.1. The fraction of sp³-hybridized carbons (Fsp3) is 0.258. The molecule has 216 valence electrons. The largest absolute Gasteiger partial charge is 0.497 e. The van der Waals surface area contributed by atoms with E-state index in [1.165, 1.54) is 0 Å². The molecular formula is C31H31N5O6. The Morgan fingerprint density at radius 3 is 2.57 bits per heavy atom. The lowest BCUT2D eigenvalue weighted by molar-refractivity contribution is -0.139. The third-order valence-electron chi connectivity index (χ3n) is 7.33. The first-order valence-electron chi connectivity index (χ1n) is 13.8. The number of methoxy groups -OCH3 is 1. The van der Waals surface area contributed by atoms with Crippen molar-refractivity contribution in [2.45, 2.75) is 38.3 Å². The molecule has 0 spiro atoms. The molecule has 11 nitrogen and oxygen atoms in total. The number of hydrogen-bond acceptors (Lipinski definition) is 9. The Kier molecular flexibility index (Phi) is 7.65. The van der Waals surface area contributed by atoms with Gasteiger partial charge in [0, 0.05) is 0 Å². The highest BCUT2D eigenvalue weighted by Crippen LogP contribution is 2.37. The van der Waals surface area contributed by atoms with Crippen LogP contribution >= 0.6 is 0 Å². The third-order valence-corrected chi connectivity index (χ3v) is 7.33. The summed E-state index contributed by atoms with van der Waals surface area (Å²) < 4.78 is 17.1. The molecule has 1 aliphatic heterocycles. The Bertz CT molecular complexity index is 1650. The average molecular weight is 570 g/mol. The van der Waals surface area contributed by atoms with Gasteiger partial charge in [0.1, 0.15) is 23.1 Å². The maximum Gasteiger partial charge on any atom is 0.341 e. The molecular weight excluding hydrogens is 538 g/mol. The standard InChI is InChI=1S/C31H31N5O6/c1-40-22-12-9-19(10-13-22)17-36-30-28(34-35-36)31(39)33-29(32-30)25-14-11-21(16-26(25)42-23-6-2-3-7-23)20-5-4-8-24(15-20)41-18-27(37)38/h4-5,8-16,23,34-35H,2-3,6-7,17-18H2,1H3,(H,37,38)(H,32,33,39). The number of benzene rings is 3. The van der Waals surface area contributed by atoms with Crippen LogP contribution in [0.4, 0.5) is 11.5 Å². The molecule has 2 aliphatic rings. The normalized spacial score (nSPS) is 14.4. The molecule has 4 N–H and O–H groups in total. The molecule has 0 saturated heterocycles. The number of carbonyl (C=O) groups is 1. The second kappa shape index (κ2) is 11.8. The van der Waals surface area contributed by atoms with Crippen LogP contribution in [0.15, 0.2) is 71.5 Å². The molecule has 11 heteroatoms. The van der Waals surface area contributed by atoms with Gasteiger partial charge in [0.25, 0.3) is 5.56 Å². The number of aliphatic carboxylic acids is 1. The van der Waals surface area contributed by atoms with Crippen LogP contribution in [0.1, 0.15) is 31.2 Å². The van der Waals surface area contributed by atoms with E-state index in [4.69, 9.17) is 24.3 Å². The lowest BCUT2D eigenvalue weighted by atomic mass is 10.0. The predicted molar refractivity (Wildman–Crippen MR) is 158 cm³/mol. The molecule has 0 bridgehead atoms. The van der Waals surface area contributed by atoms with Crippen LogP contribution in [0.5, 0.6) is 17.2 Å². The second-order valence-electron chi connectivity index (χ2n) is 10.2. The highest BCUT2D eigenvalue weighted by molar-refractivity contribution is 5.77. The van der Waals surface area contributed by atoms with Gasteiger partial charge in [0.15, 0.2) is 18.1 Å². The lowest BCUT2D eigenvalue weighted by Crippen LogP contribution is -2.35. The van der Waals surface area contributed by atoms with Gasteiger partial charge >= 0.3 is 5.97 Å². The van der Waals surface area contributed by atoms with E-state index in [2.05, 4.69) is 15.9 Å². The van der Waals surface area contributed by atoms with Gasteiger partial charge in [-0.3, -0.25) is 15.2 Å². The Morgan fingerprint density at radius 2 is 1.81 bits per heavy atom. The highest BCUT2D eigenvalue weighted by Gasteiger charge is 2.26. The van der Waals surface area contributed by atoms with Gasteiger partial charge in [0.05, 0.1) is 25.3 Å². The smallest absolute Gasteiger partial charge is 0.341 e. The fourth-order valence-electron chi connectivity index (χ4n) is 5.19. The molecule has 4 aromatic rings. The first-order chi connectivity index (χ1) is 20.5. The lowest BCUT2D eigenvalue weighted by Gasteiger charge is -2.19. The number of hydrogen-bond donors (Lipinski definition) is 4. The monoisotopic (exact) mass is 569 g/mol. The number of rotatable bonds is 10. The van der Waals surface area contributed by atoms with E-state index in [1.807, 2.05) is 54.6 Å². The first kappa shape index (κ1) is 27.2. The number of nitrogens with zero attached hydrogens (tertiary/aromatic N) is 2. The van der Waals surface area contributed by atoms with Crippen molar-refractivity contribution in [3.05, 3.63) is 82.6 Å². The van der Waals surface area contributed by atoms with Crippen molar-refractivity contribution in [2.75, 3.05) is 24.2 Å². The molecule has 1 aliphatic carbocycles. The van der Waals surface area contributed by atoms with Crippen LogP contribution in [0, 0.1) is 0 Å². The van der Waals surface area contributed by atoms with Gasteiger partial charge in [0.2, 0.25) is 0 Å². The first-order valence-corrected chi connectivity index (χ1v) is 13.8. The second-order valence-corrected chi connectivity index (χ2v) is 10.2. The van der Waals surface area contributed by atoms with Crippen LogP contribution in [0.3, 0.4) is 0 Å². The summed E-state index contributed by atoms with van der Waals surface area (Å²) in [5, 5.41) is 10.8. The summed E-state index contributed by atoms with van der Waals surface area (Å²) in [7, 11) is 1.63. The molecule has 42 heavy (non-hydrogen) atoms. The molecule has 1 fully saturated rings. The summed E-state index contributed by atoms with van der Waals surface area (Å²) in [6.45, 7) is 0.0412. The number of ether oxygens (including phenoxy) is 3. The predicted octanol–water partition coefficient (Wildman–Crippen LogP) is 4.75. The summed E-state index contributed by atoms with van der Waals surface area (Å²) in [6.07, 6.45) is 4.20. The van der Waals surface area contributed by atoms with E-state index < -0.39 is 12.6 Å². The van der Waals surface area contributed by atoms with Crippen molar-refractivity contribution in [3.63, 3.8) is 0 Å². The molecule has 1 saturated carbocycles. The van der Waals surface area contributed by atoms with E-state index in [0.717, 1.165) is 48.1 Å². The summed E-state index contributed by atoms with van der Waals surface area (Å²) in [5.41, 5.74) is 9.37. The number of aromatic amines is 1. The van der Waals surface area contributed by atoms with Crippen LogP contribution in [0.2, 0.25) is 0 Å². The third kappa shape index (κ3) is 5.86. The Labute approximate surface area is 242 Å². The van der Waals surface area contributed by atoms with E-state index >= 15 is 0 Å². The molecule has 1 aromatic heterocycles. The van der Waals surface area contributed by atoms with E-state index in [1.54, 1.807) is 24.3 Å². The molecule has 0 amide bonds. The molecule has 0 radical (unpaired) electrons. The number of aromatic nitrogens is 2. The zero-order valence-corrected chi connectivity index (χ0v) is 23.1. The number of nitrogens with one attached hydrogen (secondary N) is 3. The van der Waals surface area contributed by atoms with Gasteiger partial charge in [-0.1, -0.05) is 30.3 Å². The average Bonchev–Trinajstić information content (AvgIpc) is 3.67. The highest BCUT2D eigenvalue weighted by atomic mass is 16.5. The summed E-state index contributed by atoms with van der Waals surface area (Å²) in [6, 6.07) is 20.7. The minimum Gasteiger partial charge on any atom is -0.497 e. The summed E-state index contributed by atoms with van der Waals surface area (Å²) in [4.78, 5) is 31.9. The molecule has 6 rings (SSSR count). The number of fused-ring (bicyclic) bond motifs is 1. The Morgan fingerprint density at radius 1 is 1.02 bits per heavy atom. The quantitative estimate of drug-likeness (QED) is 0.212. The van der Waals surface area contributed by atoms with Crippen molar-refractivity contribution in [3.8, 4) is 39.8 Å². The minimum atomic E-state index is -1.04. The molecule has 0 unspecified atom stereocenters.